The Balaban J connectivity index is 2.58. The molecule has 0 aliphatic rings. The van der Waals surface area contributed by atoms with Gasteiger partial charge in [-0.1, -0.05) is 23.2 Å². The second-order valence-electron chi connectivity index (χ2n) is 5.35. The van der Waals surface area contributed by atoms with Gasteiger partial charge in [-0.3, -0.25) is 9.59 Å². The first-order valence-electron chi connectivity index (χ1n) is 7.19. The first-order chi connectivity index (χ1) is 10.3. The maximum atomic E-state index is 12.1. The van der Waals surface area contributed by atoms with E-state index in [1.165, 1.54) is 0 Å². The predicted octanol–water partition coefficient (Wildman–Crippen LogP) is 1.36. The zero-order valence-electron chi connectivity index (χ0n) is 13.0. The smallest absolute Gasteiger partial charge is 0.279 e. The minimum Gasteiger partial charge on any atom is -0.349 e. The van der Waals surface area contributed by atoms with Crippen molar-refractivity contribution in [2.45, 2.75) is 26.8 Å². The Hall–Kier alpha value is -1.30. The molecule has 0 radical (unpaired) electrons. The first kappa shape index (κ1) is 18.7. The molecule has 0 aliphatic carbocycles. The van der Waals surface area contributed by atoms with Crippen molar-refractivity contribution in [3.8, 4) is 0 Å². The summed E-state index contributed by atoms with van der Waals surface area (Å²) in [4.78, 5) is 24.7. The number of hydrogen-bond donors (Lipinski definition) is 3. The lowest BCUT2D eigenvalue weighted by atomic mass is 10.3. The number of quaternary nitrogens is 1. The molecule has 0 bridgehead atoms. The summed E-state index contributed by atoms with van der Waals surface area (Å²) < 4.78 is 0. The molecule has 0 saturated heterocycles. The first-order valence-corrected chi connectivity index (χ1v) is 7.95. The third-order valence-electron chi connectivity index (χ3n) is 2.97. The summed E-state index contributed by atoms with van der Waals surface area (Å²) in [7, 11) is 0. The molecule has 0 saturated carbocycles. The van der Waals surface area contributed by atoms with E-state index in [0.29, 0.717) is 22.3 Å². The topological polar surface area (TPSA) is 62.6 Å². The molecule has 0 aliphatic heterocycles. The number of carbonyl (C=O) groups excluding carboxylic acids is 2. The molecule has 2 amide bonds. The Morgan fingerprint density at radius 2 is 1.82 bits per heavy atom. The second-order valence-corrected chi connectivity index (χ2v) is 6.20. The Bertz CT molecular complexity index is 536. The van der Waals surface area contributed by atoms with E-state index in [9.17, 15) is 9.59 Å². The summed E-state index contributed by atoms with van der Waals surface area (Å²) in [5, 5.41) is 6.46. The van der Waals surface area contributed by atoms with Gasteiger partial charge in [0.25, 0.3) is 11.8 Å². The highest BCUT2D eigenvalue weighted by Crippen LogP contribution is 2.25. The van der Waals surface area contributed by atoms with E-state index in [1.54, 1.807) is 18.2 Å². The lowest BCUT2D eigenvalue weighted by Gasteiger charge is -2.18. The third kappa shape index (κ3) is 6.64. The zero-order chi connectivity index (χ0) is 16.7. The van der Waals surface area contributed by atoms with Crippen molar-refractivity contribution in [1.82, 2.24) is 5.32 Å². The fourth-order valence-corrected chi connectivity index (χ4v) is 2.26. The van der Waals surface area contributed by atoms with Gasteiger partial charge in [0.2, 0.25) is 0 Å². The van der Waals surface area contributed by atoms with E-state index in [-0.39, 0.29) is 30.9 Å². The normalized spacial score (nSPS) is 12.1. The van der Waals surface area contributed by atoms with E-state index < -0.39 is 0 Å². The van der Waals surface area contributed by atoms with Crippen LogP contribution in [-0.2, 0) is 9.59 Å². The number of rotatable bonds is 7. The van der Waals surface area contributed by atoms with Gasteiger partial charge < -0.3 is 15.5 Å². The molecular weight excluding hydrogens is 325 g/mol. The molecule has 5 nitrogen and oxygen atoms in total. The van der Waals surface area contributed by atoms with Crippen LogP contribution in [0.4, 0.5) is 5.69 Å². The molecule has 7 heteroatoms. The molecule has 1 aromatic rings. The van der Waals surface area contributed by atoms with Crippen LogP contribution in [0.5, 0.6) is 0 Å². The maximum absolute atomic E-state index is 12.1. The largest absolute Gasteiger partial charge is 0.349 e. The van der Waals surface area contributed by atoms with Crippen LogP contribution in [0.15, 0.2) is 18.2 Å². The van der Waals surface area contributed by atoms with Crippen molar-refractivity contribution >= 4 is 40.7 Å². The quantitative estimate of drug-likeness (QED) is 0.698. The summed E-state index contributed by atoms with van der Waals surface area (Å²) in [5.74, 6) is -0.279. The highest BCUT2D eigenvalue weighted by molar-refractivity contribution is 6.35. The molecule has 1 aromatic carbocycles. The fourth-order valence-electron chi connectivity index (χ4n) is 1.93. The Labute approximate surface area is 141 Å². The van der Waals surface area contributed by atoms with Crippen molar-refractivity contribution in [2.75, 3.05) is 25.0 Å². The molecule has 0 aromatic heterocycles. The second kappa shape index (κ2) is 8.98. The lowest BCUT2D eigenvalue weighted by molar-refractivity contribution is -0.881. The Morgan fingerprint density at radius 3 is 2.41 bits per heavy atom. The number of likely N-dealkylation sites (N-methyl/N-ethyl adjacent to an activating group) is 1. The van der Waals surface area contributed by atoms with Crippen LogP contribution >= 0.6 is 23.2 Å². The molecule has 3 N–H and O–H groups in total. The van der Waals surface area contributed by atoms with Gasteiger partial charge in [0.1, 0.15) is 0 Å². The molecule has 1 atom stereocenters. The van der Waals surface area contributed by atoms with Gasteiger partial charge >= 0.3 is 0 Å². The Morgan fingerprint density at radius 1 is 1.18 bits per heavy atom. The fraction of sp³-hybridized carbons (Fsp3) is 0.467. The van der Waals surface area contributed by atoms with Crippen LogP contribution in [0.2, 0.25) is 10.0 Å². The van der Waals surface area contributed by atoms with Gasteiger partial charge in [0.15, 0.2) is 13.1 Å². The maximum Gasteiger partial charge on any atom is 0.279 e. The average Bonchev–Trinajstić information content (AvgIpc) is 2.41. The molecule has 1 rings (SSSR count). The Kier molecular flexibility index (Phi) is 7.65. The molecule has 22 heavy (non-hydrogen) atoms. The van der Waals surface area contributed by atoms with Crippen LogP contribution in [-0.4, -0.2) is 37.5 Å². The molecule has 122 valence electrons. The lowest BCUT2D eigenvalue weighted by Crippen LogP contribution is -3.14. The SMILES string of the molecule is CC[NH+](CC(=O)Nc1cc(Cl)ccc1Cl)CC(=O)NC(C)C. The van der Waals surface area contributed by atoms with Crippen LogP contribution in [0.25, 0.3) is 0 Å². The van der Waals surface area contributed by atoms with Crippen LogP contribution < -0.4 is 15.5 Å². The number of nitrogens with one attached hydrogen (secondary N) is 3. The van der Waals surface area contributed by atoms with Crippen LogP contribution in [0, 0.1) is 0 Å². The summed E-state index contributed by atoms with van der Waals surface area (Å²) in [5.41, 5.74) is 0.473. The van der Waals surface area contributed by atoms with E-state index >= 15 is 0 Å². The van der Waals surface area contributed by atoms with Crippen molar-refractivity contribution in [3.05, 3.63) is 28.2 Å². The minimum absolute atomic E-state index is 0.0690. The number of carbonyl (C=O) groups is 2. The number of benzene rings is 1. The van der Waals surface area contributed by atoms with Gasteiger partial charge in [-0.15, -0.1) is 0 Å². The monoisotopic (exact) mass is 346 g/mol. The number of hydrogen-bond acceptors (Lipinski definition) is 2. The molecule has 0 spiro atoms. The third-order valence-corrected chi connectivity index (χ3v) is 3.54. The van der Waals surface area contributed by atoms with Crippen molar-refractivity contribution in [3.63, 3.8) is 0 Å². The van der Waals surface area contributed by atoms with Gasteiger partial charge in [-0.25, -0.2) is 0 Å². The predicted molar refractivity (Wildman–Crippen MR) is 89.6 cm³/mol. The summed E-state index contributed by atoms with van der Waals surface area (Å²) in [6, 6.07) is 4.96. The van der Waals surface area contributed by atoms with Crippen LogP contribution in [0.1, 0.15) is 20.8 Å². The zero-order valence-corrected chi connectivity index (χ0v) is 14.5. The van der Waals surface area contributed by atoms with Gasteiger partial charge in [-0.2, -0.15) is 0 Å². The van der Waals surface area contributed by atoms with Crippen LogP contribution in [0.3, 0.4) is 0 Å². The van der Waals surface area contributed by atoms with Crippen molar-refractivity contribution in [1.29, 1.82) is 0 Å². The van der Waals surface area contributed by atoms with Gasteiger partial charge in [0.05, 0.1) is 17.3 Å². The van der Waals surface area contributed by atoms with Crippen molar-refractivity contribution in [2.24, 2.45) is 0 Å². The van der Waals surface area contributed by atoms with Crippen molar-refractivity contribution < 1.29 is 14.5 Å². The number of halogens is 2. The van der Waals surface area contributed by atoms with E-state index in [2.05, 4.69) is 10.6 Å². The van der Waals surface area contributed by atoms with Gasteiger partial charge in [0, 0.05) is 11.1 Å². The van der Waals surface area contributed by atoms with E-state index in [4.69, 9.17) is 23.2 Å². The minimum atomic E-state index is -0.210. The molecule has 0 heterocycles. The number of anilines is 1. The summed E-state index contributed by atoms with van der Waals surface area (Å²) >= 11 is 11.9. The van der Waals surface area contributed by atoms with E-state index in [0.717, 1.165) is 4.90 Å². The molecule has 0 fully saturated rings. The summed E-state index contributed by atoms with van der Waals surface area (Å²) in [6.07, 6.45) is 0. The molecule has 1 unspecified atom stereocenters. The summed E-state index contributed by atoms with van der Waals surface area (Å²) in [6.45, 7) is 6.84. The standard InChI is InChI=1S/C15H21Cl2N3O2/c1-4-20(8-14(21)18-10(2)3)9-15(22)19-13-7-11(16)5-6-12(13)17/h5-7,10H,4,8-9H2,1-3H3,(H,18,21)(H,19,22)/p+1. The average molecular weight is 347 g/mol. The van der Waals surface area contributed by atoms with E-state index in [1.807, 2.05) is 20.8 Å². The highest BCUT2D eigenvalue weighted by Gasteiger charge is 2.17. The van der Waals surface area contributed by atoms with Gasteiger partial charge in [-0.05, 0) is 39.0 Å². The highest BCUT2D eigenvalue weighted by atomic mass is 35.5. The molecular formula is C15H22Cl2N3O2+. The number of amides is 2.